The van der Waals surface area contributed by atoms with Crippen molar-refractivity contribution in [3.05, 3.63) is 73.5 Å². The number of benzene rings is 1. The smallest absolute Gasteiger partial charge is 0.140 e. The molecule has 4 nitrogen and oxygen atoms in total. The molecule has 3 aromatic rings. The van der Waals surface area contributed by atoms with Gasteiger partial charge in [0, 0.05) is 11.9 Å². The first-order chi connectivity index (χ1) is 9.38. The molecule has 3 rings (SSSR count). The summed E-state index contributed by atoms with van der Waals surface area (Å²) in [5.41, 5.74) is 2.36. The molecular formula is C15H14N4. The highest BCUT2D eigenvalue weighted by Gasteiger charge is 2.05. The van der Waals surface area contributed by atoms with E-state index in [1.807, 2.05) is 24.4 Å². The van der Waals surface area contributed by atoms with Crippen LogP contribution in [0.2, 0.25) is 0 Å². The second-order valence-corrected chi connectivity index (χ2v) is 4.24. The lowest BCUT2D eigenvalue weighted by atomic mass is 10.1. The monoisotopic (exact) mass is 250 g/mol. The molecule has 0 bridgehead atoms. The van der Waals surface area contributed by atoms with Gasteiger partial charge in [-0.25, -0.2) is 9.67 Å². The summed E-state index contributed by atoms with van der Waals surface area (Å²) in [5, 5.41) is 4.16. The molecule has 94 valence electrons. The van der Waals surface area contributed by atoms with Crippen LogP contribution in [0.5, 0.6) is 0 Å². The molecule has 0 amide bonds. The highest BCUT2D eigenvalue weighted by Crippen LogP contribution is 2.16. The molecule has 0 radical (unpaired) electrons. The highest BCUT2D eigenvalue weighted by atomic mass is 15.4. The zero-order valence-corrected chi connectivity index (χ0v) is 10.5. The Morgan fingerprint density at radius 3 is 2.68 bits per heavy atom. The summed E-state index contributed by atoms with van der Waals surface area (Å²) in [4.78, 5) is 3.98. The van der Waals surface area contributed by atoms with Gasteiger partial charge in [-0.3, -0.25) is 0 Å². The third-order valence-corrected chi connectivity index (χ3v) is 2.98. The van der Waals surface area contributed by atoms with Crippen LogP contribution >= 0.6 is 0 Å². The lowest BCUT2D eigenvalue weighted by molar-refractivity contribution is 0.815. The third-order valence-electron chi connectivity index (χ3n) is 2.98. The molecule has 0 fully saturated rings. The molecule has 0 aliphatic carbocycles. The van der Waals surface area contributed by atoms with Gasteiger partial charge in [0.15, 0.2) is 0 Å². The molecule has 2 heterocycles. The van der Waals surface area contributed by atoms with Crippen LogP contribution < -0.4 is 0 Å². The van der Waals surface area contributed by atoms with Crippen LogP contribution in [-0.2, 0) is 6.42 Å². The van der Waals surface area contributed by atoms with Gasteiger partial charge in [-0.2, -0.15) is 5.10 Å². The van der Waals surface area contributed by atoms with E-state index in [0.29, 0.717) is 0 Å². The van der Waals surface area contributed by atoms with Gasteiger partial charge in [-0.15, -0.1) is 6.58 Å². The number of nitrogens with zero attached hydrogens (tertiary/aromatic N) is 4. The fourth-order valence-electron chi connectivity index (χ4n) is 2.06. The maximum atomic E-state index is 4.16. The van der Waals surface area contributed by atoms with Crippen molar-refractivity contribution in [1.29, 1.82) is 0 Å². The Morgan fingerprint density at radius 2 is 2.00 bits per heavy atom. The Bertz CT molecular complexity index is 663. The van der Waals surface area contributed by atoms with Crippen LogP contribution in [0.3, 0.4) is 0 Å². The summed E-state index contributed by atoms with van der Waals surface area (Å²) in [6.45, 7) is 3.75. The van der Waals surface area contributed by atoms with Crippen LogP contribution in [-0.4, -0.2) is 19.3 Å². The summed E-state index contributed by atoms with van der Waals surface area (Å²) >= 11 is 0. The second kappa shape index (κ2) is 4.94. The Kier molecular flexibility index (Phi) is 2.98. The van der Waals surface area contributed by atoms with E-state index in [2.05, 4.69) is 45.5 Å². The van der Waals surface area contributed by atoms with Gasteiger partial charge >= 0.3 is 0 Å². The van der Waals surface area contributed by atoms with E-state index in [1.54, 1.807) is 11.0 Å². The van der Waals surface area contributed by atoms with Gasteiger partial charge in [-0.1, -0.05) is 18.2 Å². The number of hydrogen-bond donors (Lipinski definition) is 0. The molecule has 0 aliphatic heterocycles. The predicted octanol–water partition coefficient (Wildman–Crippen LogP) is 2.79. The van der Waals surface area contributed by atoms with Gasteiger partial charge in [0.1, 0.15) is 18.5 Å². The van der Waals surface area contributed by atoms with Gasteiger partial charge < -0.3 is 4.57 Å². The third kappa shape index (κ3) is 2.20. The van der Waals surface area contributed by atoms with Crippen molar-refractivity contribution in [2.24, 2.45) is 0 Å². The first-order valence-electron chi connectivity index (χ1n) is 6.11. The molecule has 0 atom stereocenters. The van der Waals surface area contributed by atoms with E-state index in [4.69, 9.17) is 0 Å². The Balaban J connectivity index is 1.98. The maximum Gasteiger partial charge on any atom is 0.140 e. The quantitative estimate of drug-likeness (QED) is 0.667. The molecule has 0 saturated heterocycles. The largest absolute Gasteiger partial charge is 0.302 e. The molecule has 0 aliphatic rings. The minimum absolute atomic E-state index is 0.891. The normalized spacial score (nSPS) is 10.5. The zero-order valence-electron chi connectivity index (χ0n) is 10.5. The van der Waals surface area contributed by atoms with Gasteiger partial charge in [0.25, 0.3) is 0 Å². The Hall–Kier alpha value is -2.62. The average molecular weight is 250 g/mol. The van der Waals surface area contributed by atoms with E-state index >= 15 is 0 Å². The Morgan fingerprint density at radius 1 is 1.16 bits per heavy atom. The molecule has 0 N–H and O–H groups in total. The minimum Gasteiger partial charge on any atom is -0.302 e. The topological polar surface area (TPSA) is 35.6 Å². The minimum atomic E-state index is 0.891. The lowest BCUT2D eigenvalue weighted by Crippen LogP contribution is -2.03. The summed E-state index contributed by atoms with van der Waals surface area (Å²) in [6.07, 6.45) is 8.04. The van der Waals surface area contributed by atoms with Gasteiger partial charge in [0.2, 0.25) is 0 Å². The maximum absolute atomic E-state index is 4.16. The van der Waals surface area contributed by atoms with Crippen LogP contribution in [0.25, 0.3) is 11.5 Å². The molecule has 0 saturated carbocycles. The standard InChI is InChI=1S/C15H14N4/c1-2-4-13-6-8-14(9-7-13)18-10-3-5-15(18)19-12-16-11-17-19/h2-3,5-12H,1,4H2. The zero-order chi connectivity index (χ0) is 13.1. The van der Waals surface area contributed by atoms with E-state index in [1.165, 1.54) is 11.9 Å². The van der Waals surface area contributed by atoms with Crippen molar-refractivity contribution in [3.8, 4) is 11.5 Å². The molecule has 4 heteroatoms. The highest BCUT2D eigenvalue weighted by molar-refractivity contribution is 5.41. The van der Waals surface area contributed by atoms with Crippen molar-refractivity contribution in [2.45, 2.75) is 6.42 Å². The molecular weight excluding hydrogens is 236 g/mol. The van der Waals surface area contributed by atoms with Crippen LogP contribution in [0.4, 0.5) is 0 Å². The van der Waals surface area contributed by atoms with E-state index in [0.717, 1.165) is 17.9 Å². The van der Waals surface area contributed by atoms with Gasteiger partial charge in [-0.05, 0) is 36.2 Å². The molecule has 0 unspecified atom stereocenters. The van der Waals surface area contributed by atoms with Crippen molar-refractivity contribution in [3.63, 3.8) is 0 Å². The fraction of sp³-hybridized carbons (Fsp3) is 0.0667. The summed E-state index contributed by atoms with van der Waals surface area (Å²) in [6, 6.07) is 12.4. The first-order valence-corrected chi connectivity index (χ1v) is 6.11. The van der Waals surface area contributed by atoms with E-state index in [9.17, 15) is 0 Å². The number of hydrogen-bond acceptors (Lipinski definition) is 2. The number of allylic oxidation sites excluding steroid dienone is 1. The molecule has 19 heavy (non-hydrogen) atoms. The van der Waals surface area contributed by atoms with Crippen molar-refractivity contribution in [2.75, 3.05) is 0 Å². The van der Waals surface area contributed by atoms with Crippen molar-refractivity contribution >= 4 is 0 Å². The fourth-order valence-corrected chi connectivity index (χ4v) is 2.06. The molecule has 2 aromatic heterocycles. The first kappa shape index (κ1) is 11.5. The average Bonchev–Trinajstić information content (AvgIpc) is 3.11. The van der Waals surface area contributed by atoms with E-state index < -0.39 is 0 Å². The van der Waals surface area contributed by atoms with Crippen LogP contribution in [0.15, 0.2) is 67.9 Å². The van der Waals surface area contributed by atoms with Crippen molar-refractivity contribution in [1.82, 2.24) is 19.3 Å². The Labute approximate surface area is 111 Å². The summed E-state index contributed by atoms with van der Waals surface area (Å²) in [7, 11) is 0. The second-order valence-electron chi connectivity index (χ2n) is 4.24. The summed E-state index contributed by atoms with van der Waals surface area (Å²) < 4.78 is 3.82. The van der Waals surface area contributed by atoms with Crippen LogP contribution in [0, 0.1) is 0 Å². The van der Waals surface area contributed by atoms with E-state index in [-0.39, 0.29) is 0 Å². The number of aromatic nitrogens is 4. The predicted molar refractivity (Wildman–Crippen MR) is 74.6 cm³/mol. The molecule has 0 spiro atoms. The number of rotatable bonds is 4. The molecule has 1 aromatic carbocycles. The lowest BCUT2D eigenvalue weighted by Gasteiger charge is -2.09. The van der Waals surface area contributed by atoms with Gasteiger partial charge in [0.05, 0.1) is 0 Å². The summed E-state index contributed by atoms with van der Waals surface area (Å²) in [5.74, 6) is 0.967. The van der Waals surface area contributed by atoms with Crippen molar-refractivity contribution < 1.29 is 0 Å². The van der Waals surface area contributed by atoms with Crippen LogP contribution in [0.1, 0.15) is 5.56 Å². The SMILES string of the molecule is C=CCc1ccc(-n2cccc2-n2cncn2)cc1.